The van der Waals surface area contributed by atoms with Crippen LogP contribution in [0.4, 0.5) is 5.69 Å². The molecule has 2 aromatic carbocycles. The molecule has 0 radical (unpaired) electrons. The van der Waals surface area contributed by atoms with Crippen molar-refractivity contribution in [2.24, 2.45) is 0 Å². The number of hydrogen-bond donors (Lipinski definition) is 1. The van der Waals surface area contributed by atoms with Gasteiger partial charge in [-0.2, -0.15) is 5.26 Å². The smallest absolute Gasteiger partial charge is 0.268 e. The molecule has 24 heavy (non-hydrogen) atoms. The number of fused-ring (bicyclic) bond motifs is 2. The number of nitriles is 1. The van der Waals surface area contributed by atoms with E-state index in [0.717, 1.165) is 34.1 Å². The van der Waals surface area contributed by atoms with E-state index in [4.69, 9.17) is 0 Å². The molecular weight excluding hydrogens is 298 g/mol. The highest BCUT2D eigenvalue weighted by Crippen LogP contribution is 2.29. The molecule has 2 heterocycles. The number of aromatic nitrogens is 1. The third-order valence-electron chi connectivity index (χ3n) is 4.40. The second kappa shape index (κ2) is 5.71. The number of H-pyrrole nitrogens is 1. The number of carbonyl (C=O) groups excluding carboxylic acids is 1. The highest BCUT2D eigenvalue weighted by atomic mass is 16.2. The topological polar surface area (TPSA) is 59.9 Å². The van der Waals surface area contributed by atoms with Gasteiger partial charge in [-0.05, 0) is 30.2 Å². The van der Waals surface area contributed by atoms with Crippen molar-refractivity contribution in [2.75, 3.05) is 11.4 Å². The maximum atomic E-state index is 12.8. The van der Waals surface area contributed by atoms with Crippen LogP contribution < -0.4 is 4.90 Å². The normalized spacial score (nSPS) is 13.8. The number of rotatable bonds is 2. The van der Waals surface area contributed by atoms with Crippen LogP contribution in [0.5, 0.6) is 0 Å². The maximum absolute atomic E-state index is 12.8. The number of amides is 1. The van der Waals surface area contributed by atoms with Gasteiger partial charge in [0.25, 0.3) is 5.91 Å². The Labute approximate surface area is 139 Å². The van der Waals surface area contributed by atoms with E-state index in [1.165, 1.54) is 0 Å². The molecule has 0 atom stereocenters. The zero-order valence-electron chi connectivity index (χ0n) is 13.0. The number of nitrogens with one attached hydrogen (secondary N) is 1. The standard InChI is InChI=1S/C20H15N3O/c21-12-15(11-16-13-22-18-7-3-2-6-17(16)18)20(24)23-10-9-14-5-1-4-8-19(14)23/h1-8,11,13,22H,9-10H2. The van der Waals surface area contributed by atoms with Gasteiger partial charge in [0.2, 0.25) is 0 Å². The van der Waals surface area contributed by atoms with Crippen molar-refractivity contribution in [3.8, 4) is 6.07 Å². The Morgan fingerprint density at radius 1 is 1.17 bits per heavy atom. The Kier molecular flexibility index (Phi) is 3.40. The average Bonchev–Trinajstić information content (AvgIpc) is 3.23. The Morgan fingerprint density at radius 2 is 1.96 bits per heavy atom. The van der Waals surface area contributed by atoms with Crippen molar-refractivity contribution < 1.29 is 4.79 Å². The molecule has 0 saturated carbocycles. The quantitative estimate of drug-likeness (QED) is 0.580. The fraction of sp³-hybridized carbons (Fsp3) is 0.100. The van der Waals surface area contributed by atoms with Crippen molar-refractivity contribution in [3.05, 3.63) is 71.4 Å². The Hall–Kier alpha value is -3.32. The van der Waals surface area contributed by atoms with E-state index < -0.39 is 0 Å². The van der Waals surface area contributed by atoms with Crippen LogP contribution in [0.25, 0.3) is 17.0 Å². The van der Waals surface area contributed by atoms with E-state index in [9.17, 15) is 10.1 Å². The van der Waals surface area contributed by atoms with Gasteiger partial charge in [-0.3, -0.25) is 4.79 Å². The van der Waals surface area contributed by atoms with Crippen LogP contribution in [0, 0.1) is 11.3 Å². The predicted molar refractivity (Wildman–Crippen MR) is 94.4 cm³/mol. The lowest BCUT2D eigenvalue weighted by molar-refractivity contribution is -0.114. The molecule has 1 aliphatic heterocycles. The first-order valence-electron chi connectivity index (χ1n) is 7.85. The van der Waals surface area contributed by atoms with E-state index in [0.29, 0.717) is 6.54 Å². The minimum Gasteiger partial charge on any atom is -0.361 e. The number of nitrogens with zero attached hydrogens (tertiary/aromatic N) is 2. The van der Waals surface area contributed by atoms with E-state index in [1.807, 2.05) is 54.7 Å². The first-order chi connectivity index (χ1) is 11.8. The van der Waals surface area contributed by atoms with Crippen molar-refractivity contribution in [3.63, 3.8) is 0 Å². The number of aromatic amines is 1. The third kappa shape index (κ3) is 2.27. The van der Waals surface area contributed by atoms with Crippen LogP contribution in [-0.4, -0.2) is 17.4 Å². The average molecular weight is 313 g/mol. The molecule has 0 bridgehead atoms. The van der Waals surface area contributed by atoms with Gasteiger partial charge >= 0.3 is 0 Å². The number of carbonyl (C=O) groups is 1. The van der Waals surface area contributed by atoms with E-state index in [2.05, 4.69) is 11.1 Å². The highest BCUT2D eigenvalue weighted by molar-refractivity contribution is 6.12. The molecule has 3 aromatic rings. The predicted octanol–water partition coefficient (Wildman–Crippen LogP) is 3.66. The van der Waals surface area contributed by atoms with Crippen molar-refractivity contribution in [1.82, 2.24) is 4.98 Å². The molecule has 1 aliphatic rings. The van der Waals surface area contributed by atoms with Gasteiger partial charge in [0.05, 0.1) is 0 Å². The van der Waals surface area contributed by atoms with Crippen LogP contribution in [0.2, 0.25) is 0 Å². The summed E-state index contributed by atoms with van der Waals surface area (Å²) in [6.45, 7) is 0.616. The molecule has 1 amide bonds. The van der Waals surface area contributed by atoms with Crippen molar-refractivity contribution in [1.29, 1.82) is 5.26 Å². The second-order valence-corrected chi connectivity index (χ2v) is 5.79. The molecule has 1 N–H and O–H groups in total. The van der Waals surface area contributed by atoms with Crippen LogP contribution in [0.3, 0.4) is 0 Å². The lowest BCUT2D eigenvalue weighted by Gasteiger charge is -2.16. The monoisotopic (exact) mass is 313 g/mol. The fourth-order valence-corrected chi connectivity index (χ4v) is 3.21. The third-order valence-corrected chi connectivity index (χ3v) is 4.40. The SMILES string of the molecule is N#CC(=Cc1c[nH]c2ccccc12)C(=O)N1CCc2ccccc21. The number of anilines is 1. The summed E-state index contributed by atoms with van der Waals surface area (Å²) >= 11 is 0. The number of para-hydroxylation sites is 2. The fourth-order valence-electron chi connectivity index (χ4n) is 3.21. The summed E-state index contributed by atoms with van der Waals surface area (Å²) < 4.78 is 0. The summed E-state index contributed by atoms with van der Waals surface area (Å²) in [5, 5.41) is 10.5. The van der Waals surface area contributed by atoms with Gasteiger partial charge in [0, 0.05) is 34.9 Å². The molecule has 0 aliphatic carbocycles. The first kappa shape index (κ1) is 14.3. The van der Waals surface area contributed by atoms with Crippen molar-refractivity contribution in [2.45, 2.75) is 6.42 Å². The highest BCUT2D eigenvalue weighted by Gasteiger charge is 2.26. The molecule has 0 fully saturated rings. The summed E-state index contributed by atoms with van der Waals surface area (Å²) in [5.74, 6) is -0.243. The number of hydrogen-bond acceptors (Lipinski definition) is 2. The van der Waals surface area contributed by atoms with Gasteiger partial charge in [-0.1, -0.05) is 36.4 Å². The molecule has 0 spiro atoms. The van der Waals surface area contributed by atoms with Crippen LogP contribution in [0.15, 0.2) is 60.3 Å². The summed E-state index contributed by atoms with van der Waals surface area (Å²) in [6, 6.07) is 17.7. The molecule has 0 saturated heterocycles. The Morgan fingerprint density at radius 3 is 2.83 bits per heavy atom. The van der Waals surface area contributed by atoms with Gasteiger partial charge in [0.1, 0.15) is 11.6 Å². The molecule has 4 heteroatoms. The van der Waals surface area contributed by atoms with Gasteiger partial charge < -0.3 is 9.88 Å². The minimum absolute atomic E-state index is 0.149. The Balaban J connectivity index is 1.72. The lowest BCUT2D eigenvalue weighted by atomic mass is 10.1. The molecule has 116 valence electrons. The molecule has 4 rings (SSSR count). The molecular formula is C20H15N3O. The van der Waals surface area contributed by atoms with Crippen LogP contribution >= 0.6 is 0 Å². The maximum Gasteiger partial charge on any atom is 0.268 e. The molecule has 1 aromatic heterocycles. The summed E-state index contributed by atoms with van der Waals surface area (Å²) in [6.07, 6.45) is 4.32. The summed E-state index contributed by atoms with van der Waals surface area (Å²) in [5.41, 5.74) is 4.04. The van der Waals surface area contributed by atoms with Crippen molar-refractivity contribution >= 4 is 28.6 Å². The summed E-state index contributed by atoms with van der Waals surface area (Å²) in [4.78, 5) is 17.7. The van der Waals surface area contributed by atoms with Crippen LogP contribution in [0.1, 0.15) is 11.1 Å². The zero-order chi connectivity index (χ0) is 16.5. The second-order valence-electron chi connectivity index (χ2n) is 5.79. The lowest BCUT2D eigenvalue weighted by Crippen LogP contribution is -2.29. The van der Waals surface area contributed by atoms with Gasteiger partial charge in [-0.15, -0.1) is 0 Å². The van der Waals surface area contributed by atoms with Gasteiger partial charge in [-0.25, -0.2) is 0 Å². The Bertz CT molecular complexity index is 1010. The zero-order valence-corrected chi connectivity index (χ0v) is 13.0. The van der Waals surface area contributed by atoms with E-state index >= 15 is 0 Å². The molecule has 0 unspecified atom stereocenters. The van der Waals surface area contributed by atoms with E-state index in [1.54, 1.807) is 11.0 Å². The molecule has 4 nitrogen and oxygen atoms in total. The largest absolute Gasteiger partial charge is 0.361 e. The van der Waals surface area contributed by atoms with Crippen LogP contribution in [-0.2, 0) is 11.2 Å². The number of benzene rings is 2. The first-order valence-corrected chi connectivity index (χ1v) is 7.85. The van der Waals surface area contributed by atoms with Gasteiger partial charge in [0.15, 0.2) is 0 Å². The van der Waals surface area contributed by atoms with E-state index in [-0.39, 0.29) is 11.5 Å². The summed E-state index contributed by atoms with van der Waals surface area (Å²) in [7, 11) is 0. The minimum atomic E-state index is -0.243.